The van der Waals surface area contributed by atoms with E-state index in [-0.39, 0.29) is 23.7 Å². The van der Waals surface area contributed by atoms with Gasteiger partial charge in [-0.1, -0.05) is 32.0 Å². The monoisotopic (exact) mass is 440 g/mol. The maximum absolute atomic E-state index is 14.3. The van der Waals surface area contributed by atoms with E-state index in [1.54, 1.807) is 0 Å². The maximum Gasteiger partial charge on any atom is 0.407 e. The first-order valence-electron chi connectivity index (χ1n) is 11.6. The largest absolute Gasteiger partial charge is 0.445 e. The molecule has 3 heterocycles. The topological polar surface area (TPSA) is 41.6 Å². The van der Waals surface area contributed by atoms with Crippen molar-refractivity contribution < 1.29 is 18.3 Å². The molecule has 2 bridgehead atoms. The molecule has 4 aliphatic rings. The fourth-order valence-electron chi connectivity index (χ4n) is 5.62. The number of rotatable bonds is 3. The number of hydrogen-bond donors (Lipinski definition) is 1. The van der Waals surface area contributed by atoms with Crippen LogP contribution in [-0.4, -0.2) is 36.7 Å². The highest BCUT2D eigenvalue weighted by Crippen LogP contribution is 2.44. The van der Waals surface area contributed by atoms with E-state index in [4.69, 9.17) is 4.74 Å². The molecule has 0 radical (unpaired) electrons. The van der Waals surface area contributed by atoms with Crippen LogP contribution < -0.4 is 5.32 Å². The van der Waals surface area contributed by atoms with Gasteiger partial charge in [0, 0.05) is 18.2 Å². The zero-order chi connectivity index (χ0) is 22.5. The Kier molecular flexibility index (Phi) is 5.44. The summed E-state index contributed by atoms with van der Waals surface area (Å²) in [4.78, 5) is 15.3. The van der Waals surface area contributed by atoms with E-state index in [9.17, 15) is 13.6 Å². The number of benzene rings is 2. The number of amides is 1. The van der Waals surface area contributed by atoms with E-state index < -0.39 is 11.6 Å². The minimum absolute atomic E-state index is 0.0347. The number of nitrogens with one attached hydrogen (secondary N) is 1. The van der Waals surface area contributed by atoms with Crippen molar-refractivity contribution in [3.8, 4) is 11.1 Å². The van der Waals surface area contributed by atoms with Crippen molar-refractivity contribution >= 4 is 6.09 Å². The normalized spacial score (nSPS) is 28.1. The van der Waals surface area contributed by atoms with E-state index in [1.165, 1.54) is 12.1 Å². The number of nitrogens with zero attached hydrogens (tertiary/aromatic N) is 1. The van der Waals surface area contributed by atoms with Crippen molar-refractivity contribution in [2.45, 2.75) is 51.7 Å². The van der Waals surface area contributed by atoms with Crippen LogP contribution >= 0.6 is 0 Å². The van der Waals surface area contributed by atoms with Gasteiger partial charge >= 0.3 is 6.09 Å². The summed E-state index contributed by atoms with van der Waals surface area (Å²) in [7, 11) is 0. The SMILES string of the molecule is CC1(C)CCc2cc(-c3ccc(F)cc3F)ccc2C1NC(=O)O[C@@H]1CN2CCC1CC2. The highest BCUT2D eigenvalue weighted by Gasteiger charge is 2.40. The standard InChI is InChI=1S/C26H30F2N2O2/c1-26(2)10-7-18-13-17(20-6-4-19(27)14-22(20)28)3-5-21(18)24(26)29-25(31)32-23-15-30-11-8-16(23)9-12-30/h3-6,13-14,16,23-24H,7-12,15H2,1-2H3,(H,29,31)/t23-,24?/m1/s1. The summed E-state index contributed by atoms with van der Waals surface area (Å²) in [5.41, 5.74) is 3.08. The predicted octanol–water partition coefficient (Wildman–Crippen LogP) is 5.47. The Morgan fingerprint density at radius 2 is 1.91 bits per heavy atom. The van der Waals surface area contributed by atoms with Crippen LogP contribution in [0.4, 0.5) is 13.6 Å². The highest BCUT2D eigenvalue weighted by molar-refractivity contribution is 5.70. The van der Waals surface area contributed by atoms with Crippen LogP contribution in [0.15, 0.2) is 36.4 Å². The van der Waals surface area contributed by atoms with Crippen LogP contribution in [0.5, 0.6) is 0 Å². The van der Waals surface area contributed by atoms with Gasteiger partial charge in [-0.3, -0.25) is 4.90 Å². The molecule has 32 heavy (non-hydrogen) atoms. The summed E-state index contributed by atoms with van der Waals surface area (Å²) >= 11 is 0. The fourth-order valence-corrected chi connectivity index (χ4v) is 5.62. The number of aryl methyl sites for hydroxylation is 1. The maximum atomic E-state index is 14.3. The summed E-state index contributed by atoms with van der Waals surface area (Å²) in [6.07, 6.45) is 3.53. The van der Waals surface area contributed by atoms with E-state index >= 15 is 0 Å². The van der Waals surface area contributed by atoms with Gasteiger partial charge in [0.05, 0.1) is 6.04 Å². The van der Waals surface area contributed by atoms with Gasteiger partial charge in [0.15, 0.2) is 0 Å². The molecule has 1 amide bonds. The number of piperidine rings is 3. The quantitative estimate of drug-likeness (QED) is 0.689. The van der Waals surface area contributed by atoms with Crippen molar-refractivity contribution in [1.29, 1.82) is 0 Å². The van der Waals surface area contributed by atoms with Crippen molar-refractivity contribution in [2.75, 3.05) is 19.6 Å². The number of carbonyl (C=O) groups excluding carboxylic acids is 1. The second-order valence-corrected chi connectivity index (χ2v) is 10.2. The summed E-state index contributed by atoms with van der Waals surface area (Å²) in [5.74, 6) is -0.695. The average Bonchev–Trinajstić information content (AvgIpc) is 2.76. The Morgan fingerprint density at radius 3 is 2.59 bits per heavy atom. The lowest BCUT2D eigenvalue weighted by Crippen LogP contribution is -2.53. The zero-order valence-electron chi connectivity index (χ0n) is 18.7. The van der Waals surface area contributed by atoms with Gasteiger partial charge in [-0.25, -0.2) is 13.6 Å². The second kappa shape index (κ2) is 8.14. The third-order valence-corrected chi connectivity index (χ3v) is 7.63. The molecule has 6 rings (SSSR count). The first kappa shape index (κ1) is 21.4. The minimum Gasteiger partial charge on any atom is -0.445 e. The molecule has 2 aromatic carbocycles. The number of alkyl carbamates (subject to hydrolysis) is 1. The average molecular weight is 441 g/mol. The Morgan fingerprint density at radius 1 is 1.12 bits per heavy atom. The Hall–Kier alpha value is -2.47. The highest BCUT2D eigenvalue weighted by atomic mass is 19.1. The summed E-state index contributed by atoms with van der Waals surface area (Å²) < 4.78 is 33.5. The molecule has 2 atom stereocenters. The van der Waals surface area contributed by atoms with Gasteiger partial charge in [0.25, 0.3) is 0 Å². The van der Waals surface area contributed by atoms with Crippen molar-refractivity contribution in [1.82, 2.24) is 10.2 Å². The van der Waals surface area contributed by atoms with Gasteiger partial charge in [0.2, 0.25) is 0 Å². The van der Waals surface area contributed by atoms with Crippen LogP contribution in [0.25, 0.3) is 11.1 Å². The molecular weight excluding hydrogens is 410 g/mol. The second-order valence-electron chi connectivity index (χ2n) is 10.2. The van der Waals surface area contributed by atoms with E-state index in [2.05, 4.69) is 24.1 Å². The van der Waals surface area contributed by atoms with E-state index in [1.807, 2.05) is 18.2 Å². The Balaban J connectivity index is 1.36. The molecule has 0 saturated carbocycles. The summed E-state index contributed by atoms with van der Waals surface area (Å²) in [5, 5.41) is 3.15. The van der Waals surface area contributed by atoms with Gasteiger partial charge < -0.3 is 10.1 Å². The summed E-state index contributed by atoms with van der Waals surface area (Å²) in [6.45, 7) is 7.35. The van der Waals surface area contributed by atoms with Crippen molar-refractivity contribution in [3.63, 3.8) is 0 Å². The molecule has 170 valence electrons. The Bertz CT molecular complexity index is 1030. The van der Waals surface area contributed by atoms with Gasteiger partial charge in [0.1, 0.15) is 17.7 Å². The molecule has 6 heteroatoms. The number of fused-ring (bicyclic) bond motifs is 4. The van der Waals surface area contributed by atoms with E-state index in [0.717, 1.165) is 68.1 Å². The minimum atomic E-state index is -0.586. The van der Waals surface area contributed by atoms with Crippen LogP contribution in [0.2, 0.25) is 0 Å². The van der Waals surface area contributed by atoms with Crippen LogP contribution in [-0.2, 0) is 11.2 Å². The predicted molar refractivity (Wildman–Crippen MR) is 119 cm³/mol. The van der Waals surface area contributed by atoms with Crippen LogP contribution in [0.3, 0.4) is 0 Å². The molecule has 1 N–H and O–H groups in total. The molecule has 3 saturated heterocycles. The number of carbonyl (C=O) groups is 1. The third kappa shape index (κ3) is 4.01. The molecule has 3 aliphatic heterocycles. The molecule has 0 spiro atoms. The summed E-state index contributed by atoms with van der Waals surface area (Å²) in [6, 6.07) is 9.25. The molecule has 3 fully saturated rings. The number of halogens is 2. The molecule has 1 aliphatic carbocycles. The lowest BCUT2D eigenvalue weighted by atomic mass is 9.70. The lowest BCUT2D eigenvalue weighted by molar-refractivity contribution is -0.0353. The zero-order valence-corrected chi connectivity index (χ0v) is 18.7. The van der Waals surface area contributed by atoms with Gasteiger partial charge in [-0.2, -0.15) is 0 Å². The molecule has 1 unspecified atom stereocenters. The molecule has 2 aromatic rings. The first-order valence-corrected chi connectivity index (χ1v) is 11.6. The molecular formula is C26H30F2N2O2. The van der Waals surface area contributed by atoms with Crippen LogP contribution in [0.1, 0.15) is 50.3 Å². The van der Waals surface area contributed by atoms with Crippen LogP contribution in [0, 0.1) is 23.0 Å². The van der Waals surface area contributed by atoms with Crippen molar-refractivity contribution in [3.05, 3.63) is 59.2 Å². The van der Waals surface area contributed by atoms with Gasteiger partial charge in [-0.05, 0) is 78.9 Å². The first-order chi connectivity index (χ1) is 15.3. The fraction of sp³-hybridized carbons (Fsp3) is 0.500. The molecule has 4 nitrogen and oxygen atoms in total. The van der Waals surface area contributed by atoms with Gasteiger partial charge in [-0.15, -0.1) is 0 Å². The van der Waals surface area contributed by atoms with E-state index in [0.29, 0.717) is 11.5 Å². The number of hydrogen-bond acceptors (Lipinski definition) is 3. The molecule has 0 aromatic heterocycles. The lowest BCUT2D eigenvalue weighted by Gasteiger charge is -2.44. The third-order valence-electron chi connectivity index (χ3n) is 7.63. The smallest absolute Gasteiger partial charge is 0.407 e. The number of ether oxygens (including phenoxy) is 1. The van der Waals surface area contributed by atoms with Crippen molar-refractivity contribution in [2.24, 2.45) is 11.3 Å². The Labute approximate surface area is 187 Å².